The molecule has 1 amide bonds. The summed E-state index contributed by atoms with van der Waals surface area (Å²) in [6.07, 6.45) is 11.8. The Labute approximate surface area is 91.3 Å². The minimum absolute atomic E-state index is 0.0292. The highest BCUT2D eigenvalue weighted by atomic mass is 16.2. The maximum absolute atomic E-state index is 11.2. The fraction of sp³-hybridized carbons (Fsp3) is 0.308. The van der Waals surface area contributed by atoms with E-state index in [9.17, 15) is 4.79 Å². The molecule has 0 saturated carbocycles. The molecule has 0 fully saturated rings. The predicted molar refractivity (Wildman–Crippen MR) is 63.1 cm³/mol. The number of hydrogen-bond donors (Lipinski definition) is 0. The average molecular weight is 203 g/mol. The molecule has 0 heterocycles. The standard InChI is InChI=1S/C13H17NO/c1-5-13(3)9-6-7-12(8-10-13)14(4)11(2)15/h5-10H,1H2,2-4H3. The third-order valence-corrected chi connectivity index (χ3v) is 2.64. The zero-order valence-electron chi connectivity index (χ0n) is 9.53. The second-order valence-corrected chi connectivity index (χ2v) is 3.93. The van der Waals surface area contributed by atoms with Gasteiger partial charge in [0.2, 0.25) is 5.91 Å². The molecule has 0 radical (unpaired) electrons. The molecule has 1 unspecified atom stereocenters. The van der Waals surface area contributed by atoms with Crippen molar-refractivity contribution in [1.82, 2.24) is 4.90 Å². The number of hydrogen-bond acceptors (Lipinski definition) is 1. The third kappa shape index (κ3) is 2.69. The van der Waals surface area contributed by atoms with Crippen LogP contribution in [0.1, 0.15) is 13.8 Å². The lowest BCUT2D eigenvalue weighted by Crippen LogP contribution is -2.22. The van der Waals surface area contributed by atoms with Crippen molar-refractivity contribution in [2.24, 2.45) is 5.41 Å². The molecule has 2 nitrogen and oxygen atoms in total. The molecule has 0 aromatic rings. The Morgan fingerprint density at radius 3 is 2.73 bits per heavy atom. The van der Waals surface area contributed by atoms with Crippen molar-refractivity contribution in [3.8, 4) is 0 Å². The molecule has 0 N–H and O–H groups in total. The van der Waals surface area contributed by atoms with Crippen LogP contribution in [0, 0.1) is 5.41 Å². The largest absolute Gasteiger partial charge is 0.316 e. The van der Waals surface area contributed by atoms with Crippen LogP contribution in [0.15, 0.2) is 48.7 Å². The van der Waals surface area contributed by atoms with Crippen LogP contribution in [0.5, 0.6) is 0 Å². The van der Waals surface area contributed by atoms with E-state index >= 15 is 0 Å². The highest BCUT2D eigenvalue weighted by Gasteiger charge is 2.14. The number of likely N-dealkylation sites (N-methyl/N-ethyl adjacent to an activating group) is 1. The van der Waals surface area contributed by atoms with E-state index in [1.807, 2.05) is 30.4 Å². The molecule has 1 rings (SSSR count). The summed E-state index contributed by atoms with van der Waals surface area (Å²) in [4.78, 5) is 12.8. The Balaban J connectivity index is 2.95. The van der Waals surface area contributed by atoms with Crippen molar-refractivity contribution in [2.75, 3.05) is 7.05 Å². The van der Waals surface area contributed by atoms with Gasteiger partial charge in [0.15, 0.2) is 0 Å². The number of carbonyl (C=O) groups is 1. The van der Waals surface area contributed by atoms with E-state index in [1.165, 1.54) is 0 Å². The summed E-state index contributed by atoms with van der Waals surface area (Å²) in [5.41, 5.74) is 0.764. The Morgan fingerprint density at radius 1 is 1.53 bits per heavy atom. The molecule has 2 heteroatoms. The molecule has 0 bridgehead atoms. The second kappa shape index (κ2) is 4.30. The maximum Gasteiger partial charge on any atom is 0.223 e. The number of amides is 1. The third-order valence-electron chi connectivity index (χ3n) is 2.64. The van der Waals surface area contributed by atoms with Gasteiger partial charge in [0.05, 0.1) is 0 Å². The Morgan fingerprint density at radius 2 is 2.20 bits per heavy atom. The van der Waals surface area contributed by atoms with Crippen molar-refractivity contribution in [2.45, 2.75) is 13.8 Å². The maximum atomic E-state index is 11.2. The zero-order chi connectivity index (χ0) is 11.5. The van der Waals surface area contributed by atoms with E-state index < -0.39 is 0 Å². The normalized spacial score (nSPS) is 24.3. The van der Waals surface area contributed by atoms with E-state index in [-0.39, 0.29) is 11.3 Å². The summed E-state index contributed by atoms with van der Waals surface area (Å²) in [5.74, 6) is 0.0292. The smallest absolute Gasteiger partial charge is 0.223 e. The van der Waals surface area contributed by atoms with E-state index in [0.717, 1.165) is 5.70 Å². The fourth-order valence-corrected chi connectivity index (χ4v) is 1.27. The second-order valence-electron chi connectivity index (χ2n) is 3.93. The van der Waals surface area contributed by atoms with Crippen molar-refractivity contribution < 1.29 is 4.79 Å². The Bertz CT molecular complexity index is 363. The molecule has 1 aliphatic carbocycles. The van der Waals surface area contributed by atoms with E-state index in [1.54, 1.807) is 18.9 Å². The molecule has 1 aliphatic rings. The quantitative estimate of drug-likeness (QED) is 0.632. The summed E-state index contributed by atoms with van der Waals surface area (Å²) in [6.45, 7) is 7.42. The number of allylic oxidation sites excluding steroid dienone is 6. The van der Waals surface area contributed by atoms with Gasteiger partial charge in [-0.05, 0) is 19.1 Å². The summed E-state index contributed by atoms with van der Waals surface area (Å²) in [7, 11) is 1.77. The van der Waals surface area contributed by atoms with E-state index in [2.05, 4.69) is 19.6 Å². The summed E-state index contributed by atoms with van der Waals surface area (Å²) < 4.78 is 0. The highest BCUT2D eigenvalue weighted by molar-refractivity contribution is 5.75. The van der Waals surface area contributed by atoms with Gasteiger partial charge in [-0.2, -0.15) is 0 Å². The summed E-state index contributed by atoms with van der Waals surface area (Å²) in [6, 6.07) is 0. The van der Waals surface area contributed by atoms with Crippen LogP contribution in [0.4, 0.5) is 0 Å². The first-order chi connectivity index (χ1) is 6.98. The summed E-state index contributed by atoms with van der Waals surface area (Å²) in [5, 5.41) is 0. The lowest BCUT2D eigenvalue weighted by molar-refractivity contribution is -0.125. The van der Waals surface area contributed by atoms with Gasteiger partial charge in [0.25, 0.3) is 0 Å². The van der Waals surface area contributed by atoms with Crippen LogP contribution in [0.3, 0.4) is 0 Å². The lowest BCUT2D eigenvalue weighted by atomic mass is 9.90. The fourth-order valence-electron chi connectivity index (χ4n) is 1.27. The molecule has 0 saturated heterocycles. The van der Waals surface area contributed by atoms with Gasteiger partial charge in [-0.3, -0.25) is 4.79 Å². The van der Waals surface area contributed by atoms with Gasteiger partial charge in [0, 0.05) is 25.1 Å². The summed E-state index contributed by atoms with van der Waals surface area (Å²) >= 11 is 0. The predicted octanol–water partition coefficient (Wildman–Crippen LogP) is 2.67. The van der Waals surface area contributed by atoms with Crippen LogP contribution in [0.2, 0.25) is 0 Å². The minimum atomic E-state index is -0.129. The first-order valence-electron chi connectivity index (χ1n) is 4.95. The highest BCUT2D eigenvalue weighted by Crippen LogP contribution is 2.25. The first kappa shape index (κ1) is 11.5. The zero-order valence-corrected chi connectivity index (χ0v) is 9.53. The van der Waals surface area contributed by atoms with Crippen molar-refractivity contribution >= 4 is 5.91 Å². The van der Waals surface area contributed by atoms with Gasteiger partial charge in [-0.15, -0.1) is 6.58 Å². The van der Waals surface area contributed by atoms with Gasteiger partial charge < -0.3 is 4.90 Å². The Hall–Kier alpha value is -1.57. The average Bonchev–Trinajstić information content (AvgIpc) is 2.40. The van der Waals surface area contributed by atoms with Crippen LogP contribution in [0.25, 0.3) is 0 Å². The van der Waals surface area contributed by atoms with Crippen molar-refractivity contribution in [3.63, 3.8) is 0 Å². The van der Waals surface area contributed by atoms with E-state index in [0.29, 0.717) is 0 Å². The SMILES string of the molecule is C=CC1(C)C=CC=C(N(C)C(C)=O)C=C1. The molecule has 1 atom stereocenters. The van der Waals surface area contributed by atoms with Gasteiger partial charge in [-0.1, -0.05) is 24.3 Å². The van der Waals surface area contributed by atoms with Crippen molar-refractivity contribution in [3.05, 3.63) is 48.7 Å². The molecule has 0 aromatic carbocycles. The molecule has 80 valence electrons. The molecule has 0 aromatic heterocycles. The molecular formula is C13H17NO. The lowest BCUT2D eigenvalue weighted by Gasteiger charge is -2.17. The first-order valence-corrected chi connectivity index (χ1v) is 4.95. The molecule has 15 heavy (non-hydrogen) atoms. The number of carbonyl (C=O) groups excluding carboxylic acids is 1. The number of nitrogens with zero attached hydrogens (tertiary/aromatic N) is 1. The monoisotopic (exact) mass is 203 g/mol. The topological polar surface area (TPSA) is 20.3 Å². The van der Waals surface area contributed by atoms with Gasteiger partial charge in [-0.25, -0.2) is 0 Å². The molecule has 0 aliphatic heterocycles. The van der Waals surface area contributed by atoms with Crippen molar-refractivity contribution in [1.29, 1.82) is 0 Å². The van der Waals surface area contributed by atoms with Crippen LogP contribution in [-0.4, -0.2) is 17.9 Å². The number of rotatable bonds is 2. The Kier molecular flexibility index (Phi) is 3.30. The van der Waals surface area contributed by atoms with E-state index in [4.69, 9.17) is 0 Å². The minimum Gasteiger partial charge on any atom is -0.316 e. The van der Waals surface area contributed by atoms with Gasteiger partial charge >= 0.3 is 0 Å². The van der Waals surface area contributed by atoms with Crippen LogP contribution in [-0.2, 0) is 4.79 Å². The molecule has 0 spiro atoms. The van der Waals surface area contributed by atoms with Crippen LogP contribution < -0.4 is 0 Å². The van der Waals surface area contributed by atoms with Crippen LogP contribution >= 0.6 is 0 Å². The molecular weight excluding hydrogens is 186 g/mol. The van der Waals surface area contributed by atoms with Gasteiger partial charge in [0.1, 0.15) is 0 Å².